The number of ether oxygens (including phenoxy) is 1. The zero-order chi connectivity index (χ0) is 17.6. The highest BCUT2D eigenvalue weighted by Gasteiger charge is 2.12. The summed E-state index contributed by atoms with van der Waals surface area (Å²) in [6, 6.07) is 13.3. The maximum atomic E-state index is 13.5. The molecule has 3 aromatic rings. The predicted octanol–water partition coefficient (Wildman–Crippen LogP) is 4.21. The van der Waals surface area contributed by atoms with Gasteiger partial charge >= 0.3 is 5.97 Å². The first kappa shape index (κ1) is 17.1. The number of aryl methyl sites for hydroxylation is 1. The van der Waals surface area contributed by atoms with E-state index in [0.29, 0.717) is 22.0 Å². The maximum Gasteiger partial charge on any atom is 0.306 e. The molecule has 0 saturated carbocycles. The molecule has 0 amide bonds. The Balaban J connectivity index is 1.52. The van der Waals surface area contributed by atoms with Gasteiger partial charge in [-0.1, -0.05) is 47.1 Å². The third-order valence-electron chi connectivity index (χ3n) is 3.46. The average Bonchev–Trinajstić information content (AvgIpc) is 3.08. The minimum Gasteiger partial charge on any atom is -0.456 e. The van der Waals surface area contributed by atoms with Gasteiger partial charge in [0, 0.05) is 17.0 Å². The van der Waals surface area contributed by atoms with E-state index in [2.05, 4.69) is 10.1 Å². The lowest BCUT2D eigenvalue weighted by molar-refractivity contribution is -0.145. The van der Waals surface area contributed by atoms with E-state index in [-0.39, 0.29) is 31.2 Å². The van der Waals surface area contributed by atoms with Crippen molar-refractivity contribution >= 4 is 17.6 Å². The molecule has 1 aromatic heterocycles. The minimum absolute atomic E-state index is 0.0657. The van der Waals surface area contributed by atoms with Crippen molar-refractivity contribution in [1.82, 2.24) is 10.1 Å². The molecule has 128 valence electrons. The Bertz CT molecular complexity index is 882. The van der Waals surface area contributed by atoms with Crippen LogP contribution in [-0.4, -0.2) is 16.1 Å². The van der Waals surface area contributed by atoms with Gasteiger partial charge in [0.15, 0.2) is 6.61 Å². The summed E-state index contributed by atoms with van der Waals surface area (Å²) in [5.74, 6) is -0.266. The fourth-order valence-corrected chi connectivity index (χ4v) is 2.40. The number of halogens is 2. The number of carbonyl (C=O) groups is 1. The summed E-state index contributed by atoms with van der Waals surface area (Å²) in [6.45, 7) is -0.135. The summed E-state index contributed by atoms with van der Waals surface area (Å²) < 4.78 is 23.6. The molecule has 0 aliphatic rings. The summed E-state index contributed by atoms with van der Waals surface area (Å²) >= 11 is 5.92. The molecule has 0 saturated heterocycles. The van der Waals surface area contributed by atoms with Crippen LogP contribution < -0.4 is 0 Å². The van der Waals surface area contributed by atoms with Crippen LogP contribution in [-0.2, 0) is 22.6 Å². The van der Waals surface area contributed by atoms with Crippen LogP contribution in [0.25, 0.3) is 11.4 Å². The van der Waals surface area contributed by atoms with Gasteiger partial charge in [0.2, 0.25) is 5.82 Å². The fourth-order valence-electron chi connectivity index (χ4n) is 2.21. The van der Waals surface area contributed by atoms with Crippen molar-refractivity contribution < 1.29 is 18.4 Å². The second kappa shape index (κ2) is 7.90. The second-order valence-electron chi connectivity index (χ2n) is 5.27. The summed E-state index contributed by atoms with van der Waals surface area (Å²) in [4.78, 5) is 15.9. The summed E-state index contributed by atoms with van der Waals surface area (Å²) in [7, 11) is 0. The Kier molecular flexibility index (Phi) is 5.40. The fraction of sp³-hybridized carbons (Fsp3) is 0.167. The van der Waals surface area contributed by atoms with Crippen molar-refractivity contribution in [2.75, 3.05) is 0 Å². The van der Waals surface area contributed by atoms with Crippen molar-refractivity contribution in [2.45, 2.75) is 19.4 Å². The van der Waals surface area contributed by atoms with Gasteiger partial charge in [-0.2, -0.15) is 4.98 Å². The molecule has 0 atom stereocenters. The molecule has 0 radical (unpaired) electrons. The third kappa shape index (κ3) is 4.64. The quantitative estimate of drug-likeness (QED) is 0.616. The third-order valence-corrected chi connectivity index (χ3v) is 3.70. The van der Waals surface area contributed by atoms with Crippen LogP contribution in [0.1, 0.15) is 17.9 Å². The normalized spacial score (nSPS) is 10.6. The van der Waals surface area contributed by atoms with Gasteiger partial charge in [-0.05, 0) is 30.2 Å². The topological polar surface area (TPSA) is 65.2 Å². The molecule has 1 heterocycles. The summed E-state index contributed by atoms with van der Waals surface area (Å²) in [6.07, 6.45) is 0.333. The van der Waals surface area contributed by atoms with Crippen LogP contribution in [0.15, 0.2) is 53.1 Å². The molecule has 7 heteroatoms. The van der Waals surface area contributed by atoms with Crippen LogP contribution in [0.5, 0.6) is 0 Å². The van der Waals surface area contributed by atoms with Gasteiger partial charge < -0.3 is 9.26 Å². The van der Waals surface area contributed by atoms with Crippen LogP contribution >= 0.6 is 11.6 Å². The first-order chi connectivity index (χ1) is 12.1. The van der Waals surface area contributed by atoms with E-state index >= 15 is 0 Å². The molecule has 5 nitrogen and oxygen atoms in total. The van der Waals surface area contributed by atoms with Crippen LogP contribution in [0.3, 0.4) is 0 Å². The van der Waals surface area contributed by atoms with E-state index in [1.54, 1.807) is 42.5 Å². The Labute approximate surface area is 148 Å². The number of benzene rings is 2. The van der Waals surface area contributed by atoms with Gasteiger partial charge in [0.25, 0.3) is 5.89 Å². The second-order valence-corrected chi connectivity index (χ2v) is 5.71. The number of hydrogen-bond acceptors (Lipinski definition) is 5. The smallest absolute Gasteiger partial charge is 0.306 e. The van der Waals surface area contributed by atoms with Crippen molar-refractivity contribution in [3.63, 3.8) is 0 Å². The van der Waals surface area contributed by atoms with Gasteiger partial charge in [-0.25, -0.2) is 4.39 Å². The molecule has 3 rings (SSSR count). The molecule has 0 aliphatic heterocycles. The molecule has 0 bridgehead atoms. The van der Waals surface area contributed by atoms with Crippen molar-refractivity contribution in [1.29, 1.82) is 0 Å². The van der Waals surface area contributed by atoms with Gasteiger partial charge in [0.05, 0.1) is 0 Å². The number of carbonyl (C=O) groups excluding carboxylic acids is 1. The maximum absolute atomic E-state index is 13.5. The Hall–Kier alpha value is -2.73. The molecular weight excluding hydrogens is 347 g/mol. The Morgan fingerprint density at radius 1 is 1.20 bits per heavy atom. The van der Waals surface area contributed by atoms with E-state index in [9.17, 15) is 9.18 Å². The van der Waals surface area contributed by atoms with Gasteiger partial charge in [0.1, 0.15) is 5.82 Å². The molecule has 0 fully saturated rings. The zero-order valence-corrected chi connectivity index (χ0v) is 13.9. The van der Waals surface area contributed by atoms with Crippen molar-refractivity contribution in [3.05, 3.63) is 70.8 Å². The molecule has 0 unspecified atom stereocenters. The highest BCUT2D eigenvalue weighted by atomic mass is 35.5. The molecule has 0 N–H and O–H groups in total. The Morgan fingerprint density at radius 2 is 2.04 bits per heavy atom. The van der Waals surface area contributed by atoms with Crippen LogP contribution in [0, 0.1) is 5.82 Å². The standard InChI is InChI=1S/C18H14ClFN2O3/c19-14-6-3-5-13(10-14)18-21-16(25-22-18)11-24-17(23)9-8-12-4-1-2-7-15(12)20/h1-7,10H,8-9,11H2. The largest absolute Gasteiger partial charge is 0.456 e. The summed E-state index contributed by atoms with van der Waals surface area (Å²) in [5, 5.41) is 4.38. The van der Waals surface area contributed by atoms with Crippen LogP contribution in [0.2, 0.25) is 5.02 Å². The average molecular weight is 361 g/mol. The zero-order valence-electron chi connectivity index (χ0n) is 13.1. The van der Waals surface area contributed by atoms with E-state index in [4.69, 9.17) is 20.9 Å². The number of nitrogens with zero attached hydrogens (tertiary/aromatic N) is 2. The lowest BCUT2D eigenvalue weighted by Gasteiger charge is -2.03. The number of esters is 1. The van der Waals surface area contributed by atoms with Gasteiger partial charge in [-0.3, -0.25) is 4.79 Å². The van der Waals surface area contributed by atoms with Crippen LogP contribution in [0.4, 0.5) is 4.39 Å². The Morgan fingerprint density at radius 3 is 2.84 bits per heavy atom. The minimum atomic E-state index is -0.467. The SMILES string of the molecule is O=C(CCc1ccccc1F)OCc1nc(-c2cccc(Cl)c2)no1. The molecule has 0 aliphatic carbocycles. The molecule has 25 heavy (non-hydrogen) atoms. The molecular formula is C18H14ClFN2O3. The lowest BCUT2D eigenvalue weighted by Crippen LogP contribution is -2.06. The highest BCUT2D eigenvalue weighted by molar-refractivity contribution is 6.30. The van der Waals surface area contributed by atoms with E-state index in [1.165, 1.54) is 6.07 Å². The van der Waals surface area contributed by atoms with Gasteiger partial charge in [-0.15, -0.1) is 0 Å². The number of rotatable bonds is 6. The predicted molar refractivity (Wildman–Crippen MR) is 89.3 cm³/mol. The van der Waals surface area contributed by atoms with E-state index in [0.717, 1.165) is 0 Å². The molecule has 0 spiro atoms. The first-order valence-electron chi connectivity index (χ1n) is 7.59. The number of hydrogen-bond donors (Lipinski definition) is 0. The van der Waals surface area contributed by atoms with E-state index < -0.39 is 5.97 Å². The van der Waals surface area contributed by atoms with Crippen molar-refractivity contribution in [2.24, 2.45) is 0 Å². The highest BCUT2D eigenvalue weighted by Crippen LogP contribution is 2.20. The molecule has 2 aromatic carbocycles. The monoisotopic (exact) mass is 360 g/mol. The van der Waals surface area contributed by atoms with E-state index in [1.807, 2.05) is 0 Å². The summed E-state index contributed by atoms with van der Waals surface area (Å²) in [5.41, 5.74) is 1.17. The number of aromatic nitrogens is 2. The first-order valence-corrected chi connectivity index (χ1v) is 7.97. The lowest BCUT2D eigenvalue weighted by atomic mass is 10.1. The van der Waals surface area contributed by atoms with Crippen molar-refractivity contribution in [3.8, 4) is 11.4 Å².